The van der Waals surface area contributed by atoms with Gasteiger partial charge in [0.05, 0.1) is 40.5 Å². The lowest BCUT2D eigenvalue weighted by molar-refractivity contribution is -0.914. The largest absolute Gasteiger partial charge is 0.358 e. The fourth-order valence-electron chi connectivity index (χ4n) is 2.64. The van der Waals surface area contributed by atoms with Gasteiger partial charge in [0.25, 0.3) is 0 Å². The van der Waals surface area contributed by atoms with Gasteiger partial charge < -0.3 is 9.80 Å². The van der Waals surface area contributed by atoms with Crippen LogP contribution in [0.25, 0.3) is 0 Å². The van der Waals surface area contributed by atoms with Crippen molar-refractivity contribution in [3.05, 3.63) is 50.9 Å². The Kier molecular flexibility index (Phi) is 4.38. The Hall–Kier alpha value is -0.910. The van der Waals surface area contributed by atoms with Gasteiger partial charge in [-0.2, -0.15) is 0 Å². The number of nitrogens with one attached hydrogen (secondary N) is 1. The number of benzene rings is 1. The Balaban J connectivity index is 1.58. The molecule has 0 spiro atoms. The van der Waals surface area contributed by atoms with Gasteiger partial charge in [-0.15, -0.1) is 11.3 Å². The molecule has 20 heavy (non-hydrogen) atoms. The molecule has 0 bridgehead atoms. The lowest BCUT2D eigenvalue weighted by Crippen LogP contribution is -3.13. The van der Waals surface area contributed by atoms with E-state index in [0.29, 0.717) is 0 Å². The molecular weight excluding hydrogens is 339 g/mol. The quantitative estimate of drug-likeness (QED) is 0.888. The number of thiophene rings is 1. The van der Waals surface area contributed by atoms with Gasteiger partial charge >= 0.3 is 0 Å². The van der Waals surface area contributed by atoms with Crippen molar-refractivity contribution < 1.29 is 9.29 Å². The molecule has 0 amide bonds. The number of halogens is 2. The highest BCUT2D eigenvalue weighted by molar-refractivity contribution is 9.11. The monoisotopic (exact) mass is 355 g/mol. The molecule has 3 rings (SSSR count). The van der Waals surface area contributed by atoms with Crippen molar-refractivity contribution in [2.24, 2.45) is 0 Å². The van der Waals surface area contributed by atoms with E-state index in [9.17, 15) is 4.39 Å². The van der Waals surface area contributed by atoms with E-state index in [4.69, 9.17) is 0 Å². The van der Waals surface area contributed by atoms with Crippen LogP contribution in [0.3, 0.4) is 0 Å². The van der Waals surface area contributed by atoms with Crippen LogP contribution in [0.5, 0.6) is 0 Å². The van der Waals surface area contributed by atoms with Crippen molar-refractivity contribution in [2.45, 2.75) is 6.54 Å². The van der Waals surface area contributed by atoms with Gasteiger partial charge in [0.15, 0.2) is 0 Å². The second kappa shape index (κ2) is 6.24. The van der Waals surface area contributed by atoms with E-state index in [-0.39, 0.29) is 5.82 Å². The normalized spacial score (nSPS) is 16.6. The van der Waals surface area contributed by atoms with Crippen LogP contribution < -0.4 is 9.80 Å². The van der Waals surface area contributed by atoms with Gasteiger partial charge in [-0.25, -0.2) is 4.39 Å². The Morgan fingerprint density at radius 2 is 1.90 bits per heavy atom. The topological polar surface area (TPSA) is 7.68 Å². The zero-order valence-electron chi connectivity index (χ0n) is 11.1. The van der Waals surface area contributed by atoms with E-state index in [1.54, 1.807) is 22.3 Å². The SMILES string of the molecule is Fc1ccccc1N1CC[NH+](Cc2ccc(Br)s2)CC1. The molecule has 0 saturated carbocycles. The molecule has 0 aliphatic carbocycles. The van der Waals surface area contributed by atoms with Crippen molar-refractivity contribution in [3.8, 4) is 0 Å². The summed E-state index contributed by atoms with van der Waals surface area (Å²) >= 11 is 5.31. The predicted molar refractivity (Wildman–Crippen MR) is 85.0 cm³/mol. The Morgan fingerprint density at radius 3 is 2.55 bits per heavy atom. The minimum atomic E-state index is -0.113. The van der Waals surface area contributed by atoms with Gasteiger partial charge in [0, 0.05) is 0 Å². The molecule has 2 aromatic rings. The lowest BCUT2D eigenvalue weighted by atomic mass is 10.2. The lowest BCUT2D eigenvalue weighted by Gasteiger charge is -2.33. The summed E-state index contributed by atoms with van der Waals surface area (Å²) in [6, 6.07) is 11.4. The second-order valence-corrected chi connectivity index (χ2v) is 7.62. The summed E-state index contributed by atoms with van der Waals surface area (Å²) < 4.78 is 15.0. The van der Waals surface area contributed by atoms with E-state index in [1.165, 1.54) is 14.7 Å². The summed E-state index contributed by atoms with van der Waals surface area (Å²) in [6.45, 7) is 5.03. The molecular formula is C15H17BrFN2S+. The molecule has 5 heteroatoms. The van der Waals surface area contributed by atoms with Crippen LogP contribution in [-0.4, -0.2) is 26.2 Å². The third-order valence-corrected chi connectivity index (χ3v) is 5.34. The zero-order valence-corrected chi connectivity index (χ0v) is 13.5. The van der Waals surface area contributed by atoms with Gasteiger partial charge in [-0.1, -0.05) is 12.1 Å². The molecule has 106 valence electrons. The van der Waals surface area contributed by atoms with Gasteiger partial charge in [0.1, 0.15) is 12.4 Å². The summed E-state index contributed by atoms with van der Waals surface area (Å²) in [6.07, 6.45) is 0. The van der Waals surface area contributed by atoms with Crippen LogP contribution in [0, 0.1) is 5.82 Å². The number of nitrogens with zero attached hydrogens (tertiary/aromatic N) is 1. The van der Waals surface area contributed by atoms with Crippen LogP contribution in [0.4, 0.5) is 10.1 Å². The Bertz CT molecular complexity index is 579. The van der Waals surface area contributed by atoms with Crippen molar-refractivity contribution in [2.75, 3.05) is 31.1 Å². The molecule has 1 aromatic heterocycles. The van der Waals surface area contributed by atoms with E-state index < -0.39 is 0 Å². The molecule has 1 aliphatic rings. The number of quaternary nitrogens is 1. The molecule has 2 nitrogen and oxygen atoms in total. The smallest absolute Gasteiger partial charge is 0.146 e. The maximum Gasteiger partial charge on any atom is 0.146 e. The molecule has 1 fully saturated rings. The Labute approximate surface area is 131 Å². The van der Waals surface area contributed by atoms with Gasteiger partial charge in [-0.3, -0.25) is 0 Å². The maximum atomic E-state index is 13.8. The fourth-order valence-corrected chi connectivity index (χ4v) is 4.20. The van der Waals surface area contributed by atoms with Crippen LogP contribution >= 0.6 is 27.3 Å². The molecule has 1 N–H and O–H groups in total. The third kappa shape index (κ3) is 3.22. The third-order valence-electron chi connectivity index (χ3n) is 3.72. The van der Waals surface area contributed by atoms with E-state index in [0.717, 1.165) is 38.4 Å². The van der Waals surface area contributed by atoms with Crippen LogP contribution in [0.1, 0.15) is 4.88 Å². The highest BCUT2D eigenvalue weighted by Crippen LogP contribution is 2.21. The van der Waals surface area contributed by atoms with Crippen molar-refractivity contribution >= 4 is 33.0 Å². The van der Waals surface area contributed by atoms with E-state index >= 15 is 0 Å². The molecule has 0 atom stereocenters. The first-order valence-corrected chi connectivity index (χ1v) is 8.40. The fraction of sp³-hybridized carbons (Fsp3) is 0.333. The first-order chi connectivity index (χ1) is 9.72. The summed E-state index contributed by atoms with van der Waals surface area (Å²) in [4.78, 5) is 5.14. The summed E-state index contributed by atoms with van der Waals surface area (Å²) in [5.41, 5.74) is 0.741. The van der Waals surface area contributed by atoms with Crippen LogP contribution in [0.2, 0.25) is 0 Å². The number of hydrogen-bond acceptors (Lipinski definition) is 2. The molecule has 2 heterocycles. The molecule has 1 aliphatic heterocycles. The van der Waals surface area contributed by atoms with Crippen LogP contribution in [-0.2, 0) is 6.54 Å². The molecule has 0 unspecified atom stereocenters. The average molecular weight is 356 g/mol. The highest BCUT2D eigenvalue weighted by Gasteiger charge is 2.22. The predicted octanol–water partition coefficient (Wildman–Crippen LogP) is 2.55. The van der Waals surface area contributed by atoms with Gasteiger partial charge in [-0.05, 0) is 40.2 Å². The molecule has 0 radical (unpaired) electrons. The van der Waals surface area contributed by atoms with E-state index in [2.05, 4.69) is 33.0 Å². The maximum absolute atomic E-state index is 13.8. The number of para-hydroxylation sites is 1. The van der Waals surface area contributed by atoms with Crippen molar-refractivity contribution in [1.82, 2.24) is 0 Å². The number of piperazine rings is 1. The highest BCUT2D eigenvalue weighted by atomic mass is 79.9. The second-order valence-electron chi connectivity index (χ2n) is 5.07. The first-order valence-electron chi connectivity index (χ1n) is 6.79. The first kappa shape index (κ1) is 14.0. The van der Waals surface area contributed by atoms with Crippen molar-refractivity contribution in [3.63, 3.8) is 0 Å². The zero-order chi connectivity index (χ0) is 13.9. The Morgan fingerprint density at radius 1 is 1.15 bits per heavy atom. The van der Waals surface area contributed by atoms with Gasteiger partial charge in [0.2, 0.25) is 0 Å². The minimum Gasteiger partial charge on any atom is -0.358 e. The number of anilines is 1. The summed E-state index contributed by atoms with van der Waals surface area (Å²) in [5, 5.41) is 0. The number of hydrogen-bond donors (Lipinski definition) is 1. The van der Waals surface area contributed by atoms with E-state index in [1.807, 2.05) is 12.1 Å². The summed E-state index contributed by atoms with van der Waals surface area (Å²) in [7, 11) is 0. The molecule has 1 aromatic carbocycles. The minimum absolute atomic E-state index is 0.113. The standard InChI is InChI=1S/C15H16BrFN2S/c16-15-6-5-12(20-15)11-18-7-9-19(10-8-18)14-4-2-1-3-13(14)17/h1-6H,7-11H2/p+1. The summed E-state index contributed by atoms with van der Waals surface area (Å²) in [5.74, 6) is -0.113. The molecule has 1 saturated heterocycles. The van der Waals surface area contributed by atoms with Crippen molar-refractivity contribution in [1.29, 1.82) is 0 Å². The van der Waals surface area contributed by atoms with Crippen LogP contribution in [0.15, 0.2) is 40.2 Å². The number of rotatable bonds is 3. The average Bonchev–Trinajstić information content (AvgIpc) is 2.86.